The molecule has 3 rings (SSSR count). The van der Waals surface area contributed by atoms with E-state index >= 15 is 0 Å². The first-order valence-electron chi connectivity index (χ1n) is 14.7. The Morgan fingerprint density at radius 2 is 1.51 bits per heavy atom. The molecule has 0 spiro atoms. The van der Waals surface area contributed by atoms with Crippen molar-refractivity contribution in [2.45, 2.75) is 58.7 Å². The number of thiophene rings is 1. The van der Waals surface area contributed by atoms with E-state index in [4.69, 9.17) is 0 Å². The molecule has 0 fully saturated rings. The molecule has 3 atom stereocenters. The fourth-order valence-corrected chi connectivity index (χ4v) is 5.22. The van der Waals surface area contributed by atoms with Gasteiger partial charge in [-0.05, 0) is 67.8 Å². The zero-order valence-electron chi connectivity index (χ0n) is 25.3. The number of amides is 4. The molecule has 1 heterocycles. The molecule has 0 aliphatic carbocycles. The average molecular weight is 606 g/mol. The summed E-state index contributed by atoms with van der Waals surface area (Å²) in [4.78, 5) is 52.6. The fraction of sp³-hybridized carbons (Fsp3) is 0.394. The minimum absolute atomic E-state index is 0.0772. The maximum Gasteiger partial charge on any atom is 0.251 e. The van der Waals surface area contributed by atoms with Gasteiger partial charge in [0, 0.05) is 41.7 Å². The Labute approximate surface area is 258 Å². The molecule has 4 amide bonds. The molecule has 0 saturated carbocycles. The van der Waals surface area contributed by atoms with Crippen molar-refractivity contribution in [3.8, 4) is 0 Å². The van der Waals surface area contributed by atoms with Gasteiger partial charge in [0.05, 0.1) is 6.04 Å². The molecule has 230 valence electrons. The van der Waals surface area contributed by atoms with Crippen molar-refractivity contribution in [1.82, 2.24) is 26.6 Å². The van der Waals surface area contributed by atoms with Crippen LogP contribution in [0.2, 0.25) is 0 Å². The Bertz CT molecular complexity index is 1330. The van der Waals surface area contributed by atoms with Gasteiger partial charge in [-0.2, -0.15) is 0 Å². The third-order valence-corrected chi connectivity index (χ3v) is 7.88. The highest BCUT2D eigenvalue weighted by atomic mass is 32.1. The predicted octanol–water partition coefficient (Wildman–Crippen LogP) is 3.32. The molecule has 10 heteroatoms. The summed E-state index contributed by atoms with van der Waals surface area (Å²) in [7, 11) is 0. The second-order valence-corrected chi connectivity index (χ2v) is 11.8. The SMILES string of the molecule is CCNC(=O)[C@@H](NC(=O)[C@H](C)NC[C@H](Cc1ccccc1)NC(=O)c1cccc(C(=O)NCCc2cccs2)c1)C(C)C. The topological polar surface area (TPSA) is 128 Å². The van der Waals surface area contributed by atoms with Crippen LogP contribution in [0.4, 0.5) is 0 Å². The van der Waals surface area contributed by atoms with Gasteiger partial charge in [-0.25, -0.2) is 0 Å². The molecule has 3 aromatic rings. The van der Waals surface area contributed by atoms with Gasteiger partial charge in [0.15, 0.2) is 0 Å². The summed E-state index contributed by atoms with van der Waals surface area (Å²) in [5, 5.41) is 16.8. The average Bonchev–Trinajstić information content (AvgIpc) is 3.52. The number of hydrogen-bond donors (Lipinski definition) is 5. The van der Waals surface area contributed by atoms with E-state index in [9.17, 15) is 19.2 Å². The van der Waals surface area contributed by atoms with Crippen molar-refractivity contribution in [3.63, 3.8) is 0 Å². The lowest BCUT2D eigenvalue weighted by Gasteiger charge is -2.25. The molecule has 0 bridgehead atoms. The zero-order valence-corrected chi connectivity index (χ0v) is 26.1. The van der Waals surface area contributed by atoms with E-state index in [0.717, 1.165) is 12.0 Å². The van der Waals surface area contributed by atoms with Gasteiger partial charge in [0.1, 0.15) is 6.04 Å². The van der Waals surface area contributed by atoms with Crippen molar-refractivity contribution >= 4 is 35.0 Å². The number of nitrogens with one attached hydrogen (secondary N) is 5. The summed E-state index contributed by atoms with van der Waals surface area (Å²) in [5.41, 5.74) is 1.81. The molecule has 2 aromatic carbocycles. The van der Waals surface area contributed by atoms with Crippen LogP contribution in [0.3, 0.4) is 0 Å². The van der Waals surface area contributed by atoms with E-state index in [1.165, 1.54) is 4.88 Å². The summed E-state index contributed by atoms with van der Waals surface area (Å²) >= 11 is 1.65. The quantitative estimate of drug-likeness (QED) is 0.171. The Morgan fingerprint density at radius 3 is 2.16 bits per heavy atom. The van der Waals surface area contributed by atoms with Gasteiger partial charge in [0.25, 0.3) is 11.8 Å². The number of hydrogen-bond acceptors (Lipinski definition) is 6. The van der Waals surface area contributed by atoms with E-state index in [1.54, 1.807) is 42.5 Å². The predicted molar refractivity (Wildman–Crippen MR) is 171 cm³/mol. The minimum Gasteiger partial charge on any atom is -0.355 e. The summed E-state index contributed by atoms with van der Waals surface area (Å²) < 4.78 is 0. The van der Waals surface area contributed by atoms with Crippen molar-refractivity contribution in [3.05, 3.63) is 93.7 Å². The fourth-order valence-electron chi connectivity index (χ4n) is 4.51. The standard InChI is InChI=1S/C33H43N5O4S/c1-5-34-33(42)29(22(2)3)38-30(39)23(4)36-21-27(19-24-11-7-6-8-12-24)37-32(41)26-14-9-13-25(20-26)31(40)35-17-16-28-15-10-18-43-28/h6-15,18,20,22-23,27,29,36H,5,16-17,19,21H2,1-4H3,(H,34,42)(H,35,40)(H,37,41)(H,38,39)/t23-,27-,29-/m0/s1. The Kier molecular flexibility index (Phi) is 13.4. The molecular formula is C33H43N5O4S. The van der Waals surface area contributed by atoms with Crippen LogP contribution in [-0.2, 0) is 22.4 Å². The highest BCUT2D eigenvalue weighted by Gasteiger charge is 2.26. The molecule has 43 heavy (non-hydrogen) atoms. The monoisotopic (exact) mass is 605 g/mol. The van der Waals surface area contributed by atoms with E-state index in [0.29, 0.717) is 37.2 Å². The first-order chi connectivity index (χ1) is 20.7. The van der Waals surface area contributed by atoms with Crippen LogP contribution in [0.1, 0.15) is 58.9 Å². The smallest absolute Gasteiger partial charge is 0.251 e. The second-order valence-electron chi connectivity index (χ2n) is 10.8. The molecule has 9 nitrogen and oxygen atoms in total. The van der Waals surface area contributed by atoms with Crippen molar-refractivity contribution in [1.29, 1.82) is 0 Å². The zero-order chi connectivity index (χ0) is 31.2. The number of carbonyl (C=O) groups excluding carboxylic acids is 4. The van der Waals surface area contributed by atoms with Crippen LogP contribution in [0.5, 0.6) is 0 Å². The first-order valence-corrected chi connectivity index (χ1v) is 15.6. The first kappa shape index (κ1) is 33.5. The van der Waals surface area contributed by atoms with Crippen LogP contribution >= 0.6 is 11.3 Å². The van der Waals surface area contributed by atoms with Gasteiger partial charge >= 0.3 is 0 Å². The lowest BCUT2D eigenvalue weighted by molar-refractivity contribution is -0.130. The van der Waals surface area contributed by atoms with E-state index < -0.39 is 12.1 Å². The van der Waals surface area contributed by atoms with Crippen molar-refractivity contribution < 1.29 is 19.2 Å². The Morgan fingerprint density at radius 1 is 0.791 bits per heavy atom. The maximum absolute atomic E-state index is 13.3. The van der Waals surface area contributed by atoms with Gasteiger partial charge in [-0.3, -0.25) is 19.2 Å². The van der Waals surface area contributed by atoms with Crippen molar-refractivity contribution in [2.75, 3.05) is 19.6 Å². The van der Waals surface area contributed by atoms with Crippen molar-refractivity contribution in [2.24, 2.45) is 5.92 Å². The number of likely N-dealkylation sites (N-methyl/N-ethyl adjacent to an activating group) is 1. The van der Waals surface area contributed by atoms with Gasteiger partial charge in [-0.1, -0.05) is 56.3 Å². The Balaban J connectivity index is 1.63. The number of rotatable bonds is 16. The van der Waals surface area contributed by atoms with Crippen LogP contribution < -0.4 is 26.6 Å². The molecule has 5 N–H and O–H groups in total. The van der Waals surface area contributed by atoms with Gasteiger partial charge in [0.2, 0.25) is 11.8 Å². The minimum atomic E-state index is -0.642. The normalized spacial score (nSPS) is 13.0. The molecule has 0 aliphatic heterocycles. The summed E-state index contributed by atoms with van der Waals surface area (Å²) in [6.45, 7) is 8.63. The molecule has 0 aliphatic rings. The summed E-state index contributed by atoms with van der Waals surface area (Å²) in [5.74, 6) is -1.14. The lowest BCUT2D eigenvalue weighted by atomic mass is 10.0. The lowest BCUT2D eigenvalue weighted by Crippen LogP contribution is -2.55. The summed E-state index contributed by atoms with van der Waals surface area (Å²) in [6, 6.07) is 18.8. The second kappa shape index (κ2) is 17.2. The third kappa shape index (κ3) is 11.0. The van der Waals surface area contributed by atoms with E-state index in [-0.39, 0.29) is 35.6 Å². The number of benzene rings is 2. The molecule has 1 aromatic heterocycles. The molecule has 0 unspecified atom stereocenters. The number of carbonyl (C=O) groups is 4. The van der Waals surface area contributed by atoms with Crippen LogP contribution in [0, 0.1) is 5.92 Å². The molecular weight excluding hydrogens is 562 g/mol. The van der Waals surface area contributed by atoms with E-state index in [1.807, 2.05) is 68.6 Å². The molecule has 0 radical (unpaired) electrons. The third-order valence-electron chi connectivity index (χ3n) is 6.95. The van der Waals surface area contributed by atoms with Gasteiger partial charge < -0.3 is 26.6 Å². The highest BCUT2D eigenvalue weighted by molar-refractivity contribution is 7.09. The van der Waals surface area contributed by atoms with Crippen LogP contribution in [0.25, 0.3) is 0 Å². The van der Waals surface area contributed by atoms with Crippen LogP contribution in [0.15, 0.2) is 72.1 Å². The van der Waals surface area contributed by atoms with E-state index in [2.05, 4.69) is 26.6 Å². The molecule has 0 saturated heterocycles. The summed E-state index contributed by atoms with van der Waals surface area (Å²) in [6.07, 6.45) is 1.28. The largest absolute Gasteiger partial charge is 0.355 e. The Hall–Kier alpha value is -4.02. The maximum atomic E-state index is 13.3. The van der Waals surface area contributed by atoms with Crippen LogP contribution in [-0.4, -0.2) is 61.4 Å². The highest BCUT2D eigenvalue weighted by Crippen LogP contribution is 2.10. The van der Waals surface area contributed by atoms with Gasteiger partial charge in [-0.15, -0.1) is 11.3 Å².